The molecule has 9 heteroatoms. The molecule has 172 valence electrons. The standard InChI is InChI=1S/C23H28ClN3O4S/c1-15-22(32-16(2)25-15)23(29)27-8-7-20(31-19-5-3-18(24)4-6-19)17(14-27)13-21(28)26-9-11-30-12-10-26/h3-6,17,20H,7-14H2,1-2H3/t17-,20-/m0/s1. The minimum absolute atomic E-state index is 0.0122. The molecular formula is C23H28ClN3O4S. The van der Waals surface area contributed by atoms with Crippen LogP contribution in [0.1, 0.15) is 33.2 Å². The summed E-state index contributed by atoms with van der Waals surface area (Å²) in [5.41, 5.74) is 0.762. The summed E-state index contributed by atoms with van der Waals surface area (Å²) < 4.78 is 11.6. The third-order valence-corrected chi connectivity index (χ3v) is 7.26. The van der Waals surface area contributed by atoms with E-state index in [4.69, 9.17) is 21.1 Å². The van der Waals surface area contributed by atoms with Gasteiger partial charge in [-0.2, -0.15) is 0 Å². The summed E-state index contributed by atoms with van der Waals surface area (Å²) in [6, 6.07) is 7.25. The molecule has 7 nitrogen and oxygen atoms in total. The number of piperidine rings is 1. The number of nitrogens with zero attached hydrogens (tertiary/aromatic N) is 3. The predicted octanol–water partition coefficient (Wildman–Crippen LogP) is 3.57. The first-order valence-electron chi connectivity index (χ1n) is 10.9. The molecule has 2 atom stereocenters. The van der Waals surface area contributed by atoms with Gasteiger partial charge in [0.1, 0.15) is 16.7 Å². The van der Waals surface area contributed by atoms with Crippen molar-refractivity contribution in [1.29, 1.82) is 0 Å². The van der Waals surface area contributed by atoms with Crippen LogP contribution in [0.15, 0.2) is 24.3 Å². The van der Waals surface area contributed by atoms with Gasteiger partial charge >= 0.3 is 0 Å². The van der Waals surface area contributed by atoms with Gasteiger partial charge in [-0.25, -0.2) is 4.98 Å². The molecule has 4 rings (SSSR count). The molecule has 2 aliphatic heterocycles. The average molecular weight is 478 g/mol. The summed E-state index contributed by atoms with van der Waals surface area (Å²) in [7, 11) is 0. The Bertz CT molecular complexity index is 959. The summed E-state index contributed by atoms with van der Waals surface area (Å²) in [5, 5.41) is 1.53. The Morgan fingerprint density at radius 3 is 2.53 bits per heavy atom. The van der Waals surface area contributed by atoms with Crippen LogP contribution in [0.5, 0.6) is 5.75 Å². The van der Waals surface area contributed by atoms with Crippen LogP contribution in [0, 0.1) is 19.8 Å². The molecule has 0 spiro atoms. The summed E-state index contributed by atoms with van der Waals surface area (Å²) in [4.78, 5) is 35.0. The summed E-state index contributed by atoms with van der Waals surface area (Å²) in [5.74, 6) is 0.689. The number of thiazole rings is 1. The molecule has 0 saturated carbocycles. The van der Waals surface area contributed by atoms with Gasteiger partial charge in [0.2, 0.25) is 5.91 Å². The number of likely N-dealkylation sites (tertiary alicyclic amines) is 1. The second-order valence-electron chi connectivity index (χ2n) is 8.25. The minimum Gasteiger partial charge on any atom is -0.490 e. The maximum atomic E-state index is 13.2. The highest BCUT2D eigenvalue weighted by atomic mass is 35.5. The van der Waals surface area contributed by atoms with Crippen LogP contribution in [0.4, 0.5) is 0 Å². The van der Waals surface area contributed by atoms with E-state index in [0.29, 0.717) is 62.1 Å². The number of rotatable bonds is 5. The third-order valence-electron chi connectivity index (χ3n) is 5.95. The van der Waals surface area contributed by atoms with Crippen molar-refractivity contribution < 1.29 is 19.1 Å². The maximum Gasteiger partial charge on any atom is 0.265 e. The SMILES string of the molecule is Cc1nc(C)c(C(=O)N2CC[C@H](Oc3ccc(Cl)cc3)[C@@H](CC(=O)N3CCOCC3)C2)s1. The number of halogens is 1. The number of morpholine rings is 1. The van der Waals surface area contributed by atoms with Gasteiger partial charge in [0.05, 0.1) is 23.9 Å². The fourth-order valence-electron chi connectivity index (χ4n) is 4.27. The zero-order valence-electron chi connectivity index (χ0n) is 18.4. The third kappa shape index (κ3) is 5.42. The van der Waals surface area contributed by atoms with Crippen molar-refractivity contribution >= 4 is 34.8 Å². The molecule has 2 saturated heterocycles. The first-order valence-corrected chi connectivity index (χ1v) is 12.1. The molecular weight excluding hydrogens is 450 g/mol. The van der Waals surface area contributed by atoms with Crippen LogP contribution in [-0.4, -0.2) is 72.1 Å². The van der Waals surface area contributed by atoms with E-state index in [-0.39, 0.29) is 23.8 Å². The molecule has 1 aromatic carbocycles. The fourth-order valence-corrected chi connectivity index (χ4v) is 5.29. The van der Waals surface area contributed by atoms with E-state index in [0.717, 1.165) is 16.5 Å². The van der Waals surface area contributed by atoms with Crippen LogP contribution >= 0.6 is 22.9 Å². The summed E-state index contributed by atoms with van der Waals surface area (Å²) in [6.07, 6.45) is 0.837. The van der Waals surface area contributed by atoms with Crippen molar-refractivity contribution in [2.45, 2.75) is 32.8 Å². The van der Waals surface area contributed by atoms with E-state index >= 15 is 0 Å². The Morgan fingerprint density at radius 2 is 1.88 bits per heavy atom. The predicted molar refractivity (Wildman–Crippen MR) is 123 cm³/mol. The number of hydrogen-bond donors (Lipinski definition) is 0. The smallest absolute Gasteiger partial charge is 0.265 e. The van der Waals surface area contributed by atoms with Gasteiger partial charge in [-0.15, -0.1) is 11.3 Å². The van der Waals surface area contributed by atoms with Gasteiger partial charge in [-0.3, -0.25) is 9.59 Å². The zero-order valence-corrected chi connectivity index (χ0v) is 20.0. The highest BCUT2D eigenvalue weighted by molar-refractivity contribution is 7.13. The first-order chi connectivity index (χ1) is 15.4. The lowest BCUT2D eigenvalue weighted by atomic mass is 9.90. The normalized spacial score (nSPS) is 21.5. The lowest BCUT2D eigenvalue weighted by molar-refractivity contribution is -0.137. The number of aromatic nitrogens is 1. The van der Waals surface area contributed by atoms with Crippen LogP contribution in [0.25, 0.3) is 0 Å². The monoisotopic (exact) mass is 477 g/mol. The molecule has 0 unspecified atom stereocenters. The second-order valence-corrected chi connectivity index (χ2v) is 9.89. The largest absolute Gasteiger partial charge is 0.490 e. The van der Waals surface area contributed by atoms with E-state index in [1.165, 1.54) is 11.3 Å². The Kier molecular flexibility index (Phi) is 7.33. The molecule has 0 bridgehead atoms. The van der Waals surface area contributed by atoms with Crippen LogP contribution in [0.2, 0.25) is 5.02 Å². The van der Waals surface area contributed by atoms with Crippen molar-refractivity contribution in [3.8, 4) is 5.75 Å². The van der Waals surface area contributed by atoms with Gasteiger partial charge < -0.3 is 19.3 Å². The number of amides is 2. The zero-order chi connectivity index (χ0) is 22.7. The van der Waals surface area contributed by atoms with E-state index < -0.39 is 0 Å². The van der Waals surface area contributed by atoms with E-state index in [2.05, 4.69) is 4.98 Å². The molecule has 3 heterocycles. The molecule has 2 fully saturated rings. The Morgan fingerprint density at radius 1 is 1.16 bits per heavy atom. The van der Waals surface area contributed by atoms with Gasteiger partial charge in [-0.1, -0.05) is 11.6 Å². The van der Waals surface area contributed by atoms with Crippen LogP contribution < -0.4 is 4.74 Å². The summed E-state index contributed by atoms with van der Waals surface area (Å²) in [6.45, 7) is 7.17. The topological polar surface area (TPSA) is 72.0 Å². The number of aryl methyl sites for hydroxylation is 2. The molecule has 2 aliphatic rings. The second kappa shape index (κ2) is 10.2. The van der Waals surface area contributed by atoms with Gasteiger partial charge in [-0.05, 0) is 38.1 Å². The minimum atomic E-state index is -0.158. The quantitative estimate of drug-likeness (QED) is 0.658. The maximum absolute atomic E-state index is 13.2. The highest BCUT2D eigenvalue weighted by Gasteiger charge is 2.36. The number of carbonyl (C=O) groups is 2. The van der Waals surface area contributed by atoms with Crippen LogP contribution in [-0.2, 0) is 9.53 Å². The van der Waals surface area contributed by atoms with E-state index in [1.54, 1.807) is 12.1 Å². The van der Waals surface area contributed by atoms with E-state index in [1.807, 2.05) is 35.8 Å². The van der Waals surface area contributed by atoms with E-state index in [9.17, 15) is 9.59 Å². The van der Waals surface area contributed by atoms with Gasteiger partial charge in [0, 0.05) is 50.0 Å². The molecule has 32 heavy (non-hydrogen) atoms. The van der Waals surface area contributed by atoms with Gasteiger partial charge in [0.15, 0.2) is 0 Å². The lowest BCUT2D eigenvalue weighted by Crippen LogP contribution is -2.50. The van der Waals surface area contributed by atoms with Crippen molar-refractivity contribution in [2.24, 2.45) is 5.92 Å². The molecule has 0 N–H and O–H groups in total. The Labute approximate surface area is 197 Å². The molecule has 0 radical (unpaired) electrons. The Balaban J connectivity index is 1.49. The fraction of sp³-hybridized carbons (Fsp3) is 0.522. The number of ether oxygens (including phenoxy) is 2. The molecule has 1 aromatic heterocycles. The molecule has 2 amide bonds. The van der Waals surface area contributed by atoms with Gasteiger partial charge in [0.25, 0.3) is 5.91 Å². The van der Waals surface area contributed by atoms with Crippen molar-refractivity contribution in [1.82, 2.24) is 14.8 Å². The number of carbonyl (C=O) groups excluding carboxylic acids is 2. The number of hydrogen-bond acceptors (Lipinski definition) is 6. The Hall–Kier alpha value is -2.16. The van der Waals surface area contributed by atoms with Crippen molar-refractivity contribution in [3.63, 3.8) is 0 Å². The lowest BCUT2D eigenvalue weighted by Gasteiger charge is -2.39. The molecule has 0 aliphatic carbocycles. The number of benzene rings is 1. The first kappa shape index (κ1) is 23.0. The van der Waals surface area contributed by atoms with Crippen molar-refractivity contribution in [2.75, 3.05) is 39.4 Å². The average Bonchev–Trinajstić information content (AvgIpc) is 3.14. The molecule has 2 aromatic rings. The highest BCUT2D eigenvalue weighted by Crippen LogP contribution is 2.29. The summed E-state index contributed by atoms with van der Waals surface area (Å²) >= 11 is 7.42. The van der Waals surface area contributed by atoms with Crippen molar-refractivity contribution in [3.05, 3.63) is 44.9 Å². The van der Waals surface area contributed by atoms with Crippen LogP contribution in [0.3, 0.4) is 0 Å².